The zero-order chi connectivity index (χ0) is 28.9. The molecule has 40 heavy (non-hydrogen) atoms. The number of allylic oxidation sites excluding steroid dienone is 1. The summed E-state index contributed by atoms with van der Waals surface area (Å²) in [6.45, 7) is 10.2. The van der Waals surface area contributed by atoms with Gasteiger partial charge in [0.15, 0.2) is 0 Å². The molecule has 214 valence electrons. The molecule has 0 spiro atoms. The zero-order valence-electron chi connectivity index (χ0n) is 24.2. The molecule has 2 heterocycles. The Labute approximate surface area is 238 Å². The number of aryl methyl sites for hydroxylation is 1. The van der Waals surface area contributed by atoms with Crippen LogP contribution in [0.1, 0.15) is 71.0 Å². The fraction of sp³-hybridized carbons (Fsp3) is 0.438. The molecular formula is C32H42N2O5Si. The molecule has 4 rings (SSSR count). The number of aromatic nitrogens is 2. The summed E-state index contributed by atoms with van der Waals surface area (Å²) in [5.74, 6) is 0.500. The number of aliphatic hydroxyl groups excluding tert-OH is 2. The van der Waals surface area contributed by atoms with Crippen molar-refractivity contribution in [3.8, 4) is 0 Å². The number of hydrogen-bond acceptors (Lipinski definition) is 6. The van der Waals surface area contributed by atoms with Crippen molar-refractivity contribution in [2.75, 3.05) is 6.61 Å². The van der Waals surface area contributed by atoms with Crippen molar-refractivity contribution in [2.24, 2.45) is 0 Å². The van der Waals surface area contributed by atoms with E-state index in [1.54, 1.807) is 23.8 Å². The fourth-order valence-electron chi connectivity index (χ4n) is 5.57. The van der Waals surface area contributed by atoms with E-state index in [1.165, 1.54) is 0 Å². The molecule has 1 aliphatic heterocycles. The van der Waals surface area contributed by atoms with Gasteiger partial charge in [-0.25, -0.2) is 0 Å². The minimum Gasteiger partial charge on any atom is -0.512 e. The van der Waals surface area contributed by atoms with Crippen LogP contribution in [0.15, 0.2) is 77.4 Å². The minimum absolute atomic E-state index is 0.170. The predicted molar refractivity (Wildman–Crippen MR) is 161 cm³/mol. The van der Waals surface area contributed by atoms with Gasteiger partial charge in [-0.1, -0.05) is 94.8 Å². The van der Waals surface area contributed by atoms with Gasteiger partial charge in [-0.05, 0) is 28.8 Å². The third-order valence-electron chi connectivity index (χ3n) is 7.65. The maximum Gasteiger partial charge on any atom is 0.276 e. The van der Waals surface area contributed by atoms with E-state index < -0.39 is 26.8 Å². The second kappa shape index (κ2) is 12.6. The second-order valence-electron chi connectivity index (χ2n) is 11.6. The lowest BCUT2D eigenvalue weighted by atomic mass is 10.2. The summed E-state index contributed by atoms with van der Waals surface area (Å²) in [4.78, 5) is 16.7. The summed E-state index contributed by atoms with van der Waals surface area (Å²) in [6.07, 6.45) is 4.49. The molecule has 1 aliphatic rings. The lowest BCUT2D eigenvalue weighted by Crippen LogP contribution is -2.68. The van der Waals surface area contributed by atoms with E-state index >= 15 is 0 Å². The minimum atomic E-state index is -2.90. The van der Waals surface area contributed by atoms with Gasteiger partial charge in [-0.3, -0.25) is 4.79 Å². The van der Waals surface area contributed by atoms with Crippen molar-refractivity contribution in [3.05, 3.63) is 94.4 Å². The van der Waals surface area contributed by atoms with E-state index in [2.05, 4.69) is 56.9 Å². The van der Waals surface area contributed by atoms with Gasteiger partial charge in [0, 0.05) is 30.7 Å². The van der Waals surface area contributed by atoms with Gasteiger partial charge in [0.2, 0.25) is 0 Å². The molecule has 2 aromatic carbocycles. The standard InChI is InChI=1S/C32H42N2O5Si/c1-6-7-14-24(36)19-29-33-31(37)23(2)21-34(29)30-20-27(28(22-35)38-30)39-40(32(3,4)5,25-15-10-8-11-16-25)26-17-12-9-13-18-26/h8-13,15-19,21,27-28,30,35-36H,6-7,14,20,22H2,1-5H3/b24-19+/t27-,28+,30+/m0/s1. The molecule has 0 amide bonds. The molecule has 0 unspecified atom stereocenters. The van der Waals surface area contributed by atoms with Crippen LogP contribution in [0, 0.1) is 6.92 Å². The van der Waals surface area contributed by atoms with E-state index in [1.807, 2.05) is 36.4 Å². The van der Waals surface area contributed by atoms with Gasteiger partial charge >= 0.3 is 0 Å². The van der Waals surface area contributed by atoms with Crippen LogP contribution in [0.4, 0.5) is 0 Å². The normalized spacial score (nSPS) is 20.1. The number of rotatable bonds is 10. The van der Waals surface area contributed by atoms with Crippen molar-refractivity contribution in [1.29, 1.82) is 0 Å². The van der Waals surface area contributed by atoms with Crippen molar-refractivity contribution < 1.29 is 19.4 Å². The summed E-state index contributed by atoms with van der Waals surface area (Å²) in [7, 11) is -2.90. The first kappa shape index (κ1) is 29.9. The lowest BCUT2D eigenvalue weighted by molar-refractivity contribution is -0.0425. The highest BCUT2D eigenvalue weighted by atomic mass is 28.4. The van der Waals surface area contributed by atoms with E-state index in [0.29, 0.717) is 24.2 Å². The summed E-state index contributed by atoms with van der Waals surface area (Å²) < 4.78 is 15.5. The van der Waals surface area contributed by atoms with Gasteiger partial charge in [0.25, 0.3) is 13.9 Å². The van der Waals surface area contributed by atoms with Crippen LogP contribution in [0.25, 0.3) is 6.08 Å². The predicted octanol–water partition coefficient (Wildman–Crippen LogP) is 4.87. The van der Waals surface area contributed by atoms with Gasteiger partial charge < -0.3 is 23.9 Å². The van der Waals surface area contributed by atoms with Crippen molar-refractivity contribution >= 4 is 24.8 Å². The first-order valence-corrected chi connectivity index (χ1v) is 16.1. The maximum atomic E-state index is 12.5. The van der Waals surface area contributed by atoms with E-state index in [-0.39, 0.29) is 23.0 Å². The van der Waals surface area contributed by atoms with Crippen LogP contribution < -0.4 is 15.9 Å². The largest absolute Gasteiger partial charge is 0.512 e. The number of unbranched alkanes of at least 4 members (excludes halogenated alkanes) is 1. The van der Waals surface area contributed by atoms with E-state index in [0.717, 1.165) is 23.2 Å². The topological polar surface area (TPSA) is 93.8 Å². The zero-order valence-corrected chi connectivity index (χ0v) is 25.2. The van der Waals surface area contributed by atoms with Crippen molar-refractivity contribution in [2.45, 2.75) is 83.8 Å². The van der Waals surface area contributed by atoms with Crippen LogP contribution in [0.2, 0.25) is 5.04 Å². The molecule has 1 saturated heterocycles. The maximum absolute atomic E-state index is 12.5. The van der Waals surface area contributed by atoms with Crippen LogP contribution in [-0.2, 0) is 9.16 Å². The molecule has 7 nitrogen and oxygen atoms in total. The van der Waals surface area contributed by atoms with E-state index in [9.17, 15) is 15.0 Å². The number of aliphatic hydroxyl groups is 2. The summed E-state index contributed by atoms with van der Waals surface area (Å²) in [5.41, 5.74) is 0.133. The molecule has 1 aromatic heterocycles. The van der Waals surface area contributed by atoms with Crippen LogP contribution in [0.3, 0.4) is 0 Å². The Bertz CT molecular complexity index is 1310. The molecule has 0 saturated carbocycles. The van der Waals surface area contributed by atoms with Crippen LogP contribution in [0.5, 0.6) is 0 Å². The van der Waals surface area contributed by atoms with Crippen LogP contribution >= 0.6 is 0 Å². The third-order valence-corrected chi connectivity index (χ3v) is 12.7. The fourth-order valence-corrected chi connectivity index (χ4v) is 10.3. The average molecular weight is 563 g/mol. The monoisotopic (exact) mass is 562 g/mol. The van der Waals surface area contributed by atoms with Crippen molar-refractivity contribution in [3.63, 3.8) is 0 Å². The molecule has 0 radical (unpaired) electrons. The highest BCUT2D eigenvalue weighted by molar-refractivity contribution is 6.99. The Morgan fingerprint density at radius 2 is 1.73 bits per heavy atom. The Kier molecular flexibility index (Phi) is 9.46. The Morgan fingerprint density at radius 1 is 1.12 bits per heavy atom. The van der Waals surface area contributed by atoms with Crippen LogP contribution in [-0.4, -0.2) is 46.9 Å². The highest BCUT2D eigenvalue weighted by Crippen LogP contribution is 2.41. The molecular weight excluding hydrogens is 520 g/mol. The molecule has 3 atom stereocenters. The van der Waals surface area contributed by atoms with Gasteiger partial charge in [-0.2, -0.15) is 4.98 Å². The number of benzene rings is 2. The Balaban J connectivity index is 1.77. The van der Waals surface area contributed by atoms with Gasteiger partial charge in [0.05, 0.1) is 18.5 Å². The third kappa shape index (κ3) is 6.15. The average Bonchev–Trinajstić information content (AvgIpc) is 3.35. The summed E-state index contributed by atoms with van der Waals surface area (Å²) in [6, 6.07) is 20.8. The molecule has 1 fully saturated rings. The first-order chi connectivity index (χ1) is 19.1. The molecule has 0 aliphatic carbocycles. The Morgan fingerprint density at radius 3 is 2.25 bits per heavy atom. The lowest BCUT2D eigenvalue weighted by Gasteiger charge is -2.45. The molecule has 3 aromatic rings. The second-order valence-corrected chi connectivity index (χ2v) is 15.9. The molecule has 0 bridgehead atoms. The number of hydrogen-bond donors (Lipinski definition) is 2. The molecule has 8 heteroatoms. The summed E-state index contributed by atoms with van der Waals surface area (Å²) >= 11 is 0. The quantitative estimate of drug-likeness (QED) is 0.271. The van der Waals surface area contributed by atoms with Gasteiger partial charge in [-0.15, -0.1) is 0 Å². The van der Waals surface area contributed by atoms with Crippen molar-refractivity contribution in [1.82, 2.24) is 9.55 Å². The molecule has 2 N–H and O–H groups in total. The van der Waals surface area contributed by atoms with Gasteiger partial charge in [0.1, 0.15) is 18.2 Å². The smallest absolute Gasteiger partial charge is 0.276 e. The van der Waals surface area contributed by atoms with E-state index in [4.69, 9.17) is 9.16 Å². The number of ether oxygens (including phenoxy) is 1. The Hall–Kier alpha value is -3.04. The summed E-state index contributed by atoms with van der Waals surface area (Å²) in [5, 5.41) is 23.0. The highest BCUT2D eigenvalue weighted by Gasteiger charge is 2.53. The first-order valence-electron chi connectivity index (χ1n) is 14.1. The number of nitrogens with zero attached hydrogens (tertiary/aromatic N) is 2. The SMILES string of the molecule is CCCC/C(O)=C\c1nc(=O)c(C)cn1[C@H]1C[C@H](O[Si](c2ccccc2)(c2ccccc2)C(C)(C)C)[C@@H](CO)O1.